The first-order chi connectivity index (χ1) is 16.4. The lowest BCUT2D eigenvalue weighted by atomic mass is 10.3. The van der Waals surface area contributed by atoms with Crippen molar-refractivity contribution in [1.82, 2.24) is 0 Å². The molecule has 0 bridgehead atoms. The van der Waals surface area contributed by atoms with Gasteiger partial charge in [0.1, 0.15) is 5.75 Å². The van der Waals surface area contributed by atoms with Crippen LogP contribution in [0, 0.1) is 7.43 Å². The summed E-state index contributed by atoms with van der Waals surface area (Å²) in [6.07, 6.45) is 1.63. The molecule has 0 aliphatic rings. The minimum atomic E-state index is -3.71. The highest BCUT2D eigenvalue weighted by atomic mass is 32.2. The molecule has 3 aromatic rings. The van der Waals surface area contributed by atoms with Gasteiger partial charge in [0, 0.05) is 13.0 Å². The second kappa shape index (κ2) is 13.7. The minimum absolute atomic E-state index is 0. The standard InChI is InChI=1S/C27H29O5S2.CH3/c1-22(2)27(28)31-20-10-5-11-21-34(29,30)32-23-16-18-26(19-17-23)33(24-12-6-3-7-13-24)25-14-8-4-9-15-25;/h3-4,6-9,12-19H,1,5,10-11,20-21H2,2H3;1H3/q2*+1. The fourth-order valence-corrected chi connectivity index (χ4v) is 6.32. The minimum Gasteiger partial charge on any atom is -0.462 e. The predicted molar refractivity (Wildman–Crippen MR) is 142 cm³/mol. The largest absolute Gasteiger partial charge is 0.462 e. The van der Waals surface area contributed by atoms with Crippen LogP contribution in [-0.2, 0) is 30.5 Å². The van der Waals surface area contributed by atoms with Gasteiger partial charge >= 0.3 is 16.1 Å². The van der Waals surface area contributed by atoms with E-state index in [1.165, 1.54) is 9.79 Å². The molecule has 7 heteroatoms. The summed E-state index contributed by atoms with van der Waals surface area (Å²) in [4.78, 5) is 14.8. The van der Waals surface area contributed by atoms with Crippen molar-refractivity contribution in [2.45, 2.75) is 40.9 Å². The molecular formula is C28H32O5S2+2. The molecule has 0 fully saturated rings. The van der Waals surface area contributed by atoms with Gasteiger partial charge in [0.2, 0.25) is 0 Å². The van der Waals surface area contributed by atoms with Crippen molar-refractivity contribution in [2.24, 2.45) is 0 Å². The molecule has 0 amide bonds. The quantitative estimate of drug-likeness (QED) is 0.0718. The van der Waals surface area contributed by atoms with Gasteiger partial charge in [-0.25, -0.2) is 4.79 Å². The first-order valence-electron chi connectivity index (χ1n) is 11.0. The summed E-state index contributed by atoms with van der Waals surface area (Å²) in [6.45, 7) is 5.35. The molecule has 0 saturated heterocycles. The van der Waals surface area contributed by atoms with E-state index in [0.29, 0.717) is 30.6 Å². The third kappa shape index (κ3) is 8.85. The Morgan fingerprint density at radius 3 is 1.83 bits per heavy atom. The number of carbonyl (C=O) groups excluding carboxylic acids is 1. The van der Waals surface area contributed by atoms with Gasteiger partial charge < -0.3 is 8.92 Å². The van der Waals surface area contributed by atoms with Gasteiger partial charge in [-0.15, -0.1) is 0 Å². The Labute approximate surface area is 212 Å². The highest BCUT2D eigenvalue weighted by Gasteiger charge is 2.28. The molecule has 0 aliphatic carbocycles. The average Bonchev–Trinajstić information content (AvgIpc) is 2.83. The molecule has 5 nitrogen and oxygen atoms in total. The predicted octanol–water partition coefficient (Wildman–Crippen LogP) is 6.23. The highest BCUT2D eigenvalue weighted by Crippen LogP contribution is 2.32. The molecule has 0 unspecified atom stereocenters. The van der Waals surface area contributed by atoms with Crippen molar-refractivity contribution in [1.29, 1.82) is 0 Å². The molecule has 35 heavy (non-hydrogen) atoms. The van der Waals surface area contributed by atoms with Gasteiger partial charge in [0.25, 0.3) is 0 Å². The summed E-state index contributed by atoms with van der Waals surface area (Å²) in [6, 6.07) is 27.7. The second-order valence-electron chi connectivity index (χ2n) is 7.73. The fraction of sp³-hybridized carbons (Fsp3) is 0.214. The van der Waals surface area contributed by atoms with Crippen LogP contribution in [0.2, 0.25) is 0 Å². The Hall–Kier alpha value is -3.16. The van der Waals surface area contributed by atoms with E-state index in [1.807, 2.05) is 48.5 Å². The Bertz CT molecular complexity index is 1140. The smallest absolute Gasteiger partial charge is 0.333 e. The third-order valence-electron chi connectivity index (χ3n) is 4.86. The topological polar surface area (TPSA) is 69.7 Å². The number of ether oxygens (including phenoxy) is 1. The maximum atomic E-state index is 12.4. The molecule has 3 rings (SSSR count). The normalized spacial score (nSPS) is 10.9. The number of rotatable bonds is 12. The van der Waals surface area contributed by atoms with E-state index in [-0.39, 0.29) is 30.7 Å². The van der Waals surface area contributed by atoms with Crippen molar-refractivity contribution < 1.29 is 22.1 Å². The van der Waals surface area contributed by atoms with Crippen molar-refractivity contribution in [3.05, 3.63) is 105 Å². The number of hydrogen-bond acceptors (Lipinski definition) is 5. The lowest BCUT2D eigenvalue weighted by Crippen LogP contribution is -2.14. The van der Waals surface area contributed by atoms with Crippen molar-refractivity contribution >= 4 is 27.0 Å². The number of carbonyl (C=O) groups is 1. The summed E-state index contributed by atoms with van der Waals surface area (Å²) in [5, 5.41) is 0. The summed E-state index contributed by atoms with van der Waals surface area (Å²) in [5.41, 5.74) is 0.349. The molecule has 184 valence electrons. The van der Waals surface area contributed by atoms with Crippen LogP contribution in [0.4, 0.5) is 0 Å². The van der Waals surface area contributed by atoms with Gasteiger partial charge in [0.05, 0.1) is 23.3 Å². The SMILES string of the molecule is C=C(C)C(=O)OCCCCCS(=O)(=O)Oc1ccc([S+](c2ccccc2)c2ccccc2)cc1.[CH3+]. The molecule has 0 saturated carbocycles. The summed E-state index contributed by atoms with van der Waals surface area (Å²) in [7, 11) is -4.02. The zero-order valence-corrected chi connectivity index (χ0v) is 21.8. The zero-order chi connectivity index (χ0) is 24.4. The lowest BCUT2D eigenvalue weighted by molar-refractivity contribution is -0.139. The lowest BCUT2D eigenvalue weighted by Gasteiger charge is -2.10. The van der Waals surface area contributed by atoms with Crippen LogP contribution >= 0.6 is 0 Å². The summed E-state index contributed by atoms with van der Waals surface area (Å²) in [5.74, 6) is -0.229. The molecule has 0 aromatic heterocycles. The fourth-order valence-electron chi connectivity index (χ4n) is 3.19. The van der Waals surface area contributed by atoms with E-state index >= 15 is 0 Å². The van der Waals surface area contributed by atoms with Crippen LogP contribution in [0.25, 0.3) is 0 Å². The van der Waals surface area contributed by atoms with E-state index in [4.69, 9.17) is 8.92 Å². The van der Waals surface area contributed by atoms with Gasteiger partial charge in [0.15, 0.2) is 14.7 Å². The van der Waals surface area contributed by atoms with Crippen LogP contribution in [0.5, 0.6) is 5.75 Å². The van der Waals surface area contributed by atoms with Crippen LogP contribution in [0.3, 0.4) is 0 Å². The molecule has 0 heterocycles. The Morgan fingerprint density at radius 1 is 0.800 bits per heavy atom. The maximum Gasteiger partial charge on any atom is 0.333 e. The van der Waals surface area contributed by atoms with E-state index in [2.05, 4.69) is 30.8 Å². The Morgan fingerprint density at radius 2 is 1.31 bits per heavy atom. The van der Waals surface area contributed by atoms with Crippen molar-refractivity contribution in [3.8, 4) is 5.75 Å². The molecule has 0 spiro atoms. The first kappa shape index (κ1) is 28.1. The molecule has 0 radical (unpaired) electrons. The van der Waals surface area contributed by atoms with Gasteiger partial charge in [-0.3, -0.25) is 0 Å². The first-order valence-corrected chi connectivity index (χ1v) is 13.9. The maximum absolute atomic E-state index is 12.4. The number of hydrogen-bond donors (Lipinski definition) is 0. The highest BCUT2D eigenvalue weighted by molar-refractivity contribution is 7.97. The molecule has 0 aliphatic heterocycles. The Kier molecular flexibility index (Phi) is 11.0. The average molecular weight is 513 g/mol. The van der Waals surface area contributed by atoms with E-state index in [0.717, 1.165) is 4.90 Å². The van der Waals surface area contributed by atoms with Gasteiger partial charge in [-0.1, -0.05) is 43.0 Å². The molecule has 0 atom stereocenters. The monoisotopic (exact) mass is 512 g/mol. The number of benzene rings is 3. The van der Waals surface area contributed by atoms with E-state index < -0.39 is 16.1 Å². The second-order valence-corrected chi connectivity index (χ2v) is 11.4. The molecule has 0 N–H and O–H groups in total. The molecular weight excluding hydrogens is 480 g/mol. The Balaban J connectivity index is 0.00000432. The molecule has 3 aromatic carbocycles. The van der Waals surface area contributed by atoms with E-state index in [9.17, 15) is 13.2 Å². The van der Waals surface area contributed by atoms with Crippen LogP contribution in [0.15, 0.2) is 112 Å². The summed E-state index contributed by atoms with van der Waals surface area (Å²) < 4.78 is 35.1. The summed E-state index contributed by atoms with van der Waals surface area (Å²) >= 11 is 0. The zero-order valence-electron chi connectivity index (χ0n) is 20.2. The van der Waals surface area contributed by atoms with Crippen LogP contribution in [0.1, 0.15) is 26.2 Å². The van der Waals surface area contributed by atoms with Crippen molar-refractivity contribution in [3.63, 3.8) is 0 Å². The van der Waals surface area contributed by atoms with Crippen LogP contribution < -0.4 is 4.18 Å². The van der Waals surface area contributed by atoms with Gasteiger partial charge in [-0.05, 0) is 74.7 Å². The van der Waals surface area contributed by atoms with Crippen LogP contribution in [-0.4, -0.2) is 26.7 Å². The third-order valence-corrected chi connectivity index (χ3v) is 8.33. The number of unbranched alkanes of at least 4 members (excludes halogenated alkanes) is 2. The van der Waals surface area contributed by atoms with Crippen molar-refractivity contribution in [2.75, 3.05) is 12.4 Å². The van der Waals surface area contributed by atoms with Gasteiger partial charge in [-0.2, -0.15) is 8.42 Å². The number of esters is 1. The van der Waals surface area contributed by atoms with E-state index in [1.54, 1.807) is 19.1 Å².